The smallest absolute Gasteiger partial charge is 0.870 e. The zero-order valence-corrected chi connectivity index (χ0v) is 42.9. The van der Waals surface area contributed by atoms with Crippen LogP contribution in [0.25, 0.3) is 44.3 Å². The van der Waals surface area contributed by atoms with Crippen LogP contribution in [0.2, 0.25) is 0 Å². The Morgan fingerprint density at radius 1 is 0.681 bits per heavy atom. The van der Waals surface area contributed by atoms with Crippen molar-refractivity contribution >= 4 is 44.0 Å². The number of ether oxygens (including phenoxy) is 3. The normalized spacial score (nSPS) is 10.9. The predicted octanol–water partition coefficient (Wildman–Crippen LogP) is 6.11. The van der Waals surface area contributed by atoms with Gasteiger partial charge in [0, 0.05) is 47.4 Å². The fourth-order valence-electron chi connectivity index (χ4n) is 8.02. The molecule has 0 aliphatic heterocycles. The molecule has 15 nitrogen and oxygen atoms in total. The van der Waals surface area contributed by atoms with Crippen LogP contribution in [0.15, 0.2) is 163 Å². The third-order valence-corrected chi connectivity index (χ3v) is 13.1. The number of aromatic amines is 1. The zero-order chi connectivity index (χ0) is 49.2. The van der Waals surface area contributed by atoms with Gasteiger partial charge in [0.2, 0.25) is 0 Å². The Balaban J connectivity index is 0.000000242. The number of aromatic nitrogens is 4. The standard InChI is InChI=1S/C32H31N3O5S.C23H21N3O3.Na.H2O/c1-3-39-31(36)18-25-8-4-5-10-30(25)40-21-26-19-29(24-9-6-7-23(17-24)20-33)28-15-16-35(32(28)34-26)41(37,38)27-13-11-22(2)12-14-27;24-13-15-4-3-6-16(10-15)20-12-18(26-23-19(20)8-9-25-23)14-29-21-7-2-1-5-17(21)11-22(27)28;;/h4-17,19H,3,18,20-21,33H2,1-2H3;1-10,12H,11,13-14,24H2,(H,25,26)(H,27,28);;1H2/q;;+1;/p-1. The quantitative estimate of drug-likeness (QED) is 0.0595. The third kappa shape index (κ3) is 12.8. The van der Waals surface area contributed by atoms with Crippen molar-refractivity contribution in [1.29, 1.82) is 0 Å². The molecule has 0 saturated heterocycles. The molecular weight excluding hydrogens is 944 g/mol. The molecule has 17 heteroatoms. The van der Waals surface area contributed by atoms with Gasteiger partial charge >= 0.3 is 41.5 Å². The Kier molecular flexibility index (Phi) is 18.7. The first kappa shape index (κ1) is 54.2. The van der Waals surface area contributed by atoms with Crippen molar-refractivity contribution in [2.45, 2.75) is 57.9 Å². The number of nitrogens with zero attached hydrogens (tertiary/aromatic N) is 3. The number of carbonyl (C=O) groups excluding carboxylic acids is 1. The first-order chi connectivity index (χ1) is 33.9. The Morgan fingerprint density at radius 2 is 1.24 bits per heavy atom. The maximum absolute atomic E-state index is 13.7. The van der Waals surface area contributed by atoms with Crippen LogP contribution >= 0.6 is 0 Å². The molecule has 0 radical (unpaired) electrons. The van der Waals surface area contributed by atoms with Crippen molar-refractivity contribution in [3.63, 3.8) is 0 Å². The summed E-state index contributed by atoms with van der Waals surface area (Å²) in [7, 11) is -3.92. The van der Waals surface area contributed by atoms with Gasteiger partial charge in [-0.15, -0.1) is 0 Å². The van der Waals surface area contributed by atoms with Crippen LogP contribution in [-0.2, 0) is 63.5 Å². The maximum atomic E-state index is 13.7. The van der Waals surface area contributed by atoms with Gasteiger partial charge in [-0.2, -0.15) is 0 Å². The summed E-state index contributed by atoms with van der Waals surface area (Å²) >= 11 is 0. The molecule has 0 aliphatic carbocycles. The molecule has 72 heavy (non-hydrogen) atoms. The molecule has 4 aromatic heterocycles. The van der Waals surface area contributed by atoms with Gasteiger partial charge in [-0.05, 0) is 108 Å². The molecule has 0 atom stereocenters. The minimum Gasteiger partial charge on any atom is -0.870 e. The van der Waals surface area contributed by atoms with Crippen molar-refractivity contribution in [2.75, 3.05) is 6.61 Å². The van der Waals surface area contributed by atoms with Crippen molar-refractivity contribution in [2.24, 2.45) is 11.5 Å². The summed E-state index contributed by atoms with van der Waals surface area (Å²) in [5.41, 5.74) is 22.1. The number of H-pyrrole nitrogens is 1. The number of esters is 1. The summed E-state index contributed by atoms with van der Waals surface area (Å²) in [5.74, 6) is -0.162. The summed E-state index contributed by atoms with van der Waals surface area (Å²) in [6.07, 6.45) is 3.38. The van der Waals surface area contributed by atoms with Crippen molar-refractivity contribution < 1.29 is 72.4 Å². The largest absolute Gasteiger partial charge is 1.00 e. The summed E-state index contributed by atoms with van der Waals surface area (Å²) in [4.78, 5) is 35.9. The molecule has 0 saturated carbocycles. The molecule has 9 aromatic rings. The predicted molar refractivity (Wildman–Crippen MR) is 271 cm³/mol. The van der Waals surface area contributed by atoms with Crippen LogP contribution in [0.1, 0.15) is 46.1 Å². The van der Waals surface area contributed by atoms with Gasteiger partial charge in [0.05, 0.1) is 35.7 Å². The maximum Gasteiger partial charge on any atom is 1.00 e. The van der Waals surface area contributed by atoms with Gasteiger partial charge in [-0.1, -0.05) is 90.5 Å². The fourth-order valence-corrected chi connectivity index (χ4v) is 9.31. The fraction of sp³-hybridized carbons (Fsp3) is 0.164. The zero-order valence-electron chi connectivity index (χ0n) is 40.1. The first-order valence-corrected chi connectivity index (χ1v) is 24.1. The van der Waals surface area contributed by atoms with E-state index < -0.39 is 16.0 Å². The van der Waals surface area contributed by atoms with Gasteiger partial charge in [0.1, 0.15) is 30.4 Å². The van der Waals surface area contributed by atoms with Crippen LogP contribution in [-0.4, -0.2) is 56.5 Å². The Hall–Kier alpha value is -7.15. The molecule has 0 amide bonds. The van der Waals surface area contributed by atoms with Gasteiger partial charge in [0.15, 0.2) is 5.65 Å². The van der Waals surface area contributed by atoms with Crippen LogP contribution in [0.4, 0.5) is 0 Å². The molecule has 9 rings (SSSR count). The number of pyridine rings is 2. The van der Waals surface area contributed by atoms with E-state index in [-0.39, 0.29) is 72.0 Å². The van der Waals surface area contributed by atoms with Crippen molar-refractivity contribution in [1.82, 2.24) is 18.9 Å². The molecule has 0 fully saturated rings. The number of carbonyl (C=O) groups is 2. The second-order valence-electron chi connectivity index (χ2n) is 16.4. The molecule has 7 N–H and O–H groups in total. The average Bonchev–Trinajstić information content (AvgIpc) is 4.04. The number of carboxylic acid groups (broad SMARTS) is 1. The van der Waals surface area contributed by atoms with E-state index in [0.717, 1.165) is 55.7 Å². The van der Waals surface area contributed by atoms with E-state index in [1.165, 1.54) is 10.2 Å². The van der Waals surface area contributed by atoms with Crippen molar-refractivity contribution in [3.8, 4) is 33.8 Å². The number of fused-ring (bicyclic) bond motifs is 2. The van der Waals surface area contributed by atoms with Crippen LogP contribution in [0.5, 0.6) is 11.5 Å². The number of nitrogens with one attached hydrogen (secondary N) is 1. The second-order valence-corrected chi connectivity index (χ2v) is 18.2. The number of hydrogen-bond acceptors (Lipinski definition) is 12. The second kappa shape index (κ2) is 24.8. The molecule has 0 unspecified atom stereocenters. The summed E-state index contributed by atoms with van der Waals surface area (Å²) in [6, 6.07) is 44.7. The van der Waals surface area contributed by atoms with Crippen LogP contribution in [0.3, 0.4) is 0 Å². The molecular formula is C55H53N6NaO9S. The van der Waals surface area contributed by atoms with Crippen LogP contribution in [0, 0.1) is 6.92 Å². The van der Waals surface area contributed by atoms with E-state index in [1.807, 2.05) is 98.0 Å². The molecule has 0 spiro atoms. The number of aliphatic carboxylic acids is 1. The summed E-state index contributed by atoms with van der Waals surface area (Å²) < 4.78 is 45.8. The van der Waals surface area contributed by atoms with E-state index in [1.54, 1.807) is 61.5 Å². The Labute approximate surface area is 439 Å². The van der Waals surface area contributed by atoms with Crippen molar-refractivity contribution in [3.05, 3.63) is 197 Å². The third-order valence-electron chi connectivity index (χ3n) is 11.5. The number of para-hydroxylation sites is 2. The molecule has 4 heterocycles. The van der Waals surface area contributed by atoms with Crippen LogP contribution < -0.4 is 50.5 Å². The summed E-state index contributed by atoms with van der Waals surface area (Å²) in [6.45, 7) is 5.10. The number of benzene rings is 5. The number of rotatable bonds is 17. The minimum atomic E-state index is -3.92. The first-order valence-electron chi connectivity index (χ1n) is 22.6. The van der Waals surface area contributed by atoms with Gasteiger partial charge in [-0.25, -0.2) is 22.4 Å². The Morgan fingerprint density at radius 3 is 1.81 bits per heavy atom. The average molecular weight is 997 g/mol. The van der Waals surface area contributed by atoms with Gasteiger partial charge in [-0.3, -0.25) is 9.59 Å². The van der Waals surface area contributed by atoms with E-state index in [0.29, 0.717) is 59.0 Å². The van der Waals surface area contributed by atoms with E-state index in [4.69, 9.17) is 35.8 Å². The molecule has 5 aromatic carbocycles. The monoisotopic (exact) mass is 996 g/mol. The number of carboxylic acids is 1. The molecule has 0 aliphatic rings. The minimum absolute atomic E-state index is 0. The number of nitrogens with two attached hydrogens (primary N) is 2. The van der Waals surface area contributed by atoms with E-state index in [9.17, 15) is 18.0 Å². The number of aryl methyl sites for hydroxylation is 1. The van der Waals surface area contributed by atoms with E-state index in [2.05, 4.69) is 16.0 Å². The Bertz CT molecular complexity index is 3430. The van der Waals surface area contributed by atoms with E-state index >= 15 is 0 Å². The van der Waals surface area contributed by atoms with Gasteiger partial charge < -0.3 is 41.2 Å². The SMILES string of the molecule is CCOC(=O)Cc1ccccc1OCc1cc(-c2cccc(CN)c2)c2ccn(S(=O)(=O)c3ccc(C)cc3)c2n1.NCc1cccc(-c2cc(COc3ccccc3CC(=O)O)nc3[nH]ccc23)c1.[Na+].[OH-]. The summed E-state index contributed by atoms with van der Waals surface area (Å²) in [5, 5.41) is 10.8. The molecule has 364 valence electrons. The van der Waals surface area contributed by atoms with Gasteiger partial charge in [0.25, 0.3) is 10.0 Å². The topological polar surface area (TPSA) is 245 Å². The number of hydrogen-bond donors (Lipinski definition) is 4. The molecule has 0 bridgehead atoms.